The second-order valence-electron chi connectivity index (χ2n) is 6.47. The molecule has 1 aliphatic carbocycles. The van der Waals surface area contributed by atoms with Crippen molar-refractivity contribution < 1.29 is 14.3 Å². The molecule has 1 unspecified atom stereocenters. The number of rotatable bonds is 5. The number of hydrogen-bond acceptors (Lipinski definition) is 5. The molecule has 1 aromatic heterocycles. The van der Waals surface area contributed by atoms with Crippen molar-refractivity contribution in [1.29, 1.82) is 0 Å². The molecule has 1 fully saturated rings. The van der Waals surface area contributed by atoms with E-state index in [0.29, 0.717) is 18.4 Å². The number of aromatic nitrogens is 1. The normalized spacial score (nSPS) is 16.9. The lowest BCUT2D eigenvalue weighted by Gasteiger charge is -2.24. The van der Waals surface area contributed by atoms with Gasteiger partial charge in [-0.3, -0.25) is 4.79 Å². The monoisotopic (exact) mass is 344 g/mol. The Kier molecular flexibility index (Phi) is 3.92. The first-order valence-corrected chi connectivity index (χ1v) is 9.10. The predicted molar refractivity (Wildman–Crippen MR) is 92.3 cm³/mol. The fourth-order valence-corrected chi connectivity index (χ4v) is 3.77. The Morgan fingerprint density at radius 2 is 2.17 bits per heavy atom. The SMILES string of the molecule is CC(C1CC1)N(C)C(=O)Cc1csc(-c2ccc3c(c2)OCO3)n1. The third-order valence-electron chi connectivity index (χ3n) is 4.81. The number of hydrogen-bond donors (Lipinski definition) is 0. The van der Waals surface area contributed by atoms with E-state index in [1.165, 1.54) is 12.8 Å². The van der Waals surface area contributed by atoms with Crippen LogP contribution in [0.5, 0.6) is 11.5 Å². The van der Waals surface area contributed by atoms with E-state index in [4.69, 9.17) is 9.47 Å². The molecule has 4 rings (SSSR count). The largest absolute Gasteiger partial charge is 0.454 e. The number of likely N-dealkylation sites (N-methyl/N-ethyl adjacent to an activating group) is 1. The zero-order valence-corrected chi connectivity index (χ0v) is 14.6. The molecule has 2 aromatic rings. The van der Waals surface area contributed by atoms with Crippen molar-refractivity contribution in [2.45, 2.75) is 32.2 Å². The van der Waals surface area contributed by atoms with Crippen LogP contribution in [0.15, 0.2) is 23.6 Å². The number of nitrogens with zero attached hydrogens (tertiary/aromatic N) is 2. The zero-order valence-electron chi connectivity index (χ0n) is 13.8. The maximum Gasteiger partial charge on any atom is 0.231 e. The van der Waals surface area contributed by atoms with E-state index in [-0.39, 0.29) is 12.7 Å². The number of amides is 1. The Labute approximate surface area is 145 Å². The summed E-state index contributed by atoms with van der Waals surface area (Å²) >= 11 is 1.55. The Balaban J connectivity index is 1.45. The molecular weight excluding hydrogens is 324 g/mol. The van der Waals surface area contributed by atoms with Crippen LogP contribution in [0.25, 0.3) is 10.6 Å². The van der Waals surface area contributed by atoms with E-state index in [1.807, 2.05) is 35.5 Å². The fraction of sp³-hybridized carbons (Fsp3) is 0.444. The standard InChI is InChI=1S/C18H20N2O3S/c1-11(12-3-4-12)20(2)17(21)8-14-9-24-18(19-14)13-5-6-15-16(7-13)23-10-22-15/h5-7,9,11-12H,3-4,8,10H2,1-2H3. The second-order valence-corrected chi connectivity index (χ2v) is 7.33. The topological polar surface area (TPSA) is 51.7 Å². The maximum atomic E-state index is 12.4. The highest BCUT2D eigenvalue weighted by atomic mass is 32.1. The molecule has 2 aliphatic rings. The van der Waals surface area contributed by atoms with E-state index in [9.17, 15) is 4.79 Å². The average Bonchev–Trinajstić information content (AvgIpc) is 3.15. The first-order chi connectivity index (χ1) is 11.6. The number of ether oxygens (including phenoxy) is 2. The van der Waals surface area contributed by atoms with Crippen molar-refractivity contribution in [2.75, 3.05) is 13.8 Å². The van der Waals surface area contributed by atoms with Crippen LogP contribution < -0.4 is 9.47 Å². The summed E-state index contributed by atoms with van der Waals surface area (Å²) in [5.41, 5.74) is 1.81. The lowest BCUT2D eigenvalue weighted by Crippen LogP contribution is -2.37. The van der Waals surface area contributed by atoms with Gasteiger partial charge in [0.25, 0.3) is 0 Å². The Hall–Kier alpha value is -2.08. The van der Waals surface area contributed by atoms with Gasteiger partial charge in [-0.05, 0) is 43.9 Å². The minimum Gasteiger partial charge on any atom is -0.454 e. The van der Waals surface area contributed by atoms with E-state index in [1.54, 1.807) is 11.3 Å². The summed E-state index contributed by atoms with van der Waals surface area (Å²) < 4.78 is 10.7. The third kappa shape index (κ3) is 2.98. The third-order valence-corrected chi connectivity index (χ3v) is 5.75. The molecule has 0 radical (unpaired) electrons. The molecule has 2 heterocycles. The molecule has 24 heavy (non-hydrogen) atoms. The van der Waals surface area contributed by atoms with Gasteiger partial charge in [-0.1, -0.05) is 0 Å². The first-order valence-electron chi connectivity index (χ1n) is 8.22. The summed E-state index contributed by atoms with van der Waals surface area (Å²) in [5, 5.41) is 2.86. The van der Waals surface area contributed by atoms with Gasteiger partial charge in [0.05, 0.1) is 12.1 Å². The van der Waals surface area contributed by atoms with Crippen molar-refractivity contribution in [1.82, 2.24) is 9.88 Å². The minimum absolute atomic E-state index is 0.136. The van der Waals surface area contributed by atoms with Gasteiger partial charge in [-0.15, -0.1) is 11.3 Å². The van der Waals surface area contributed by atoms with Gasteiger partial charge in [0.15, 0.2) is 11.5 Å². The van der Waals surface area contributed by atoms with E-state index in [2.05, 4.69) is 11.9 Å². The van der Waals surface area contributed by atoms with Gasteiger partial charge in [0, 0.05) is 24.0 Å². The van der Waals surface area contributed by atoms with Crippen molar-refractivity contribution in [3.8, 4) is 22.1 Å². The summed E-state index contributed by atoms with van der Waals surface area (Å²) in [6.07, 6.45) is 2.84. The molecule has 1 aromatic carbocycles. The van der Waals surface area contributed by atoms with Crippen LogP contribution in [-0.2, 0) is 11.2 Å². The highest BCUT2D eigenvalue weighted by Gasteiger charge is 2.32. The minimum atomic E-state index is 0.136. The number of carbonyl (C=O) groups excluding carboxylic acids is 1. The molecule has 0 N–H and O–H groups in total. The Morgan fingerprint density at radius 3 is 2.96 bits per heavy atom. The molecule has 1 amide bonds. The number of carbonyl (C=O) groups is 1. The molecule has 1 atom stereocenters. The zero-order chi connectivity index (χ0) is 16.7. The molecule has 0 saturated heterocycles. The quantitative estimate of drug-likeness (QED) is 0.835. The van der Waals surface area contributed by atoms with Crippen LogP contribution in [0.1, 0.15) is 25.5 Å². The smallest absolute Gasteiger partial charge is 0.231 e. The molecule has 0 spiro atoms. The summed E-state index contributed by atoms with van der Waals surface area (Å²) in [6, 6.07) is 6.13. The summed E-state index contributed by atoms with van der Waals surface area (Å²) in [5.74, 6) is 2.33. The van der Waals surface area contributed by atoms with Crippen LogP contribution >= 0.6 is 11.3 Å². The Bertz CT molecular complexity index is 769. The number of thiazole rings is 1. The number of fused-ring (bicyclic) bond motifs is 1. The summed E-state index contributed by atoms with van der Waals surface area (Å²) in [6.45, 7) is 2.40. The first kappa shape index (κ1) is 15.4. The van der Waals surface area contributed by atoms with Crippen molar-refractivity contribution in [3.63, 3.8) is 0 Å². The van der Waals surface area contributed by atoms with Gasteiger partial charge < -0.3 is 14.4 Å². The molecule has 126 valence electrons. The van der Waals surface area contributed by atoms with E-state index >= 15 is 0 Å². The summed E-state index contributed by atoms with van der Waals surface area (Å²) in [7, 11) is 1.90. The second kappa shape index (κ2) is 6.09. The van der Waals surface area contributed by atoms with Crippen LogP contribution in [-0.4, -0.2) is 35.7 Å². The van der Waals surface area contributed by atoms with Crippen LogP contribution in [0.3, 0.4) is 0 Å². The van der Waals surface area contributed by atoms with Gasteiger partial charge in [0.1, 0.15) is 5.01 Å². The van der Waals surface area contributed by atoms with Crippen molar-refractivity contribution in [3.05, 3.63) is 29.3 Å². The maximum absolute atomic E-state index is 12.4. The fourth-order valence-electron chi connectivity index (χ4n) is 2.95. The number of benzene rings is 1. The van der Waals surface area contributed by atoms with Crippen LogP contribution in [0, 0.1) is 5.92 Å². The van der Waals surface area contributed by atoms with Gasteiger partial charge in [0.2, 0.25) is 12.7 Å². The Morgan fingerprint density at radius 1 is 1.38 bits per heavy atom. The van der Waals surface area contributed by atoms with Crippen molar-refractivity contribution in [2.24, 2.45) is 5.92 Å². The highest BCUT2D eigenvalue weighted by Crippen LogP contribution is 2.37. The highest BCUT2D eigenvalue weighted by molar-refractivity contribution is 7.13. The molecule has 1 saturated carbocycles. The molecular formula is C18H20N2O3S. The van der Waals surface area contributed by atoms with E-state index in [0.717, 1.165) is 27.8 Å². The lowest BCUT2D eigenvalue weighted by atomic mass is 10.1. The van der Waals surface area contributed by atoms with Crippen LogP contribution in [0.2, 0.25) is 0 Å². The molecule has 0 bridgehead atoms. The van der Waals surface area contributed by atoms with Gasteiger partial charge >= 0.3 is 0 Å². The molecule has 5 nitrogen and oxygen atoms in total. The predicted octanol–water partition coefficient (Wildman–Crippen LogP) is 3.34. The average molecular weight is 344 g/mol. The molecule has 1 aliphatic heterocycles. The summed E-state index contributed by atoms with van der Waals surface area (Å²) in [4.78, 5) is 18.9. The lowest BCUT2D eigenvalue weighted by molar-refractivity contribution is -0.131. The van der Waals surface area contributed by atoms with Gasteiger partial charge in [-0.25, -0.2) is 4.98 Å². The molecule has 6 heteroatoms. The van der Waals surface area contributed by atoms with Gasteiger partial charge in [-0.2, -0.15) is 0 Å². The van der Waals surface area contributed by atoms with Crippen molar-refractivity contribution >= 4 is 17.2 Å². The van der Waals surface area contributed by atoms with E-state index < -0.39 is 0 Å². The van der Waals surface area contributed by atoms with Crippen LogP contribution in [0.4, 0.5) is 0 Å².